The van der Waals surface area contributed by atoms with Crippen LogP contribution >= 0.6 is 0 Å². The van der Waals surface area contributed by atoms with Gasteiger partial charge in [-0.2, -0.15) is 4.68 Å². The molecule has 0 radical (unpaired) electrons. The molecule has 30 heavy (non-hydrogen) atoms. The molecule has 0 spiro atoms. The molecule has 8 nitrogen and oxygen atoms in total. The molecule has 0 bridgehead atoms. The van der Waals surface area contributed by atoms with E-state index in [1.807, 2.05) is 69.4 Å². The van der Waals surface area contributed by atoms with Crippen molar-refractivity contribution in [1.82, 2.24) is 35.4 Å². The first kappa shape index (κ1) is 20.2. The largest absolute Gasteiger partial charge is 0.337 e. The Kier molecular flexibility index (Phi) is 5.59. The van der Waals surface area contributed by atoms with Gasteiger partial charge >= 0.3 is 0 Å². The Morgan fingerprint density at radius 1 is 1.27 bits per heavy atom. The van der Waals surface area contributed by atoms with Gasteiger partial charge < -0.3 is 5.32 Å². The Bertz CT molecular complexity index is 1040. The average Bonchev–Trinajstić information content (AvgIpc) is 3.42. The number of nitrogens with one attached hydrogen (secondary N) is 1. The molecule has 0 saturated heterocycles. The summed E-state index contributed by atoms with van der Waals surface area (Å²) in [4.78, 5) is 19.5. The lowest BCUT2D eigenvalue weighted by Crippen LogP contribution is -2.42. The number of carbonyl (C=O) groups excluding carboxylic acids is 1. The maximum Gasteiger partial charge on any atom is 0.252 e. The smallest absolute Gasteiger partial charge is 0.252 e. The van der Waals surface area contributed by atoms with Crippen molar-refractivity contribution in [2.45, 2.75) is 39.3 Å². The van der Waals surface area contributed by atoms with Gasteiger partial charge in [0, 0.05) is 23.7 Å². The summed E-state index contributed by atoms with van der Waals surface area (Å²) < 4.78 is 1.74. The zero-order valence-corrected chi connectivity index (χ0v) is 17.8. The third-order valence-electron chi connectivity index (χ3n) is 5.45. The molecule has 1 amide bonds. The highest BCUT2D eigenvalue weighted by molar-refractivity contribution is 5.96. The van der Waals surface area contributed by atoms with Crippen LogP contribution in [0.15, 0.2) is 36.5 Å². The lowest BCUT2D eigenvalue weighted by Gasteiger charge is -2.21. The van der Waals surface area contributed by atoms with Crippen molar-refractivity contribution in [3.05, 3.63) is 53.5 Å². The standard InChI is InChI=1S/C22H27N7O/c1-14-5-8-20(23-13-14)17-10-18(22(30)24-15(2)28(3)4)12-19(11-17)29-21(25-26-27-29)9-16-6-7-16/h5,8,10-13,15-16H,6-7,9H2,1-4H3,(H,24,30). The van der Waals surface area contributed by atoms with Gasteiger partial charge in [-0.1, -0.05) is 6.07 Å². The summed E-state index contributed by atoms with van der Waals surface area (Å²) in [6, 6.07) is 9.66. The molecule has 1 aromatic carbocycles. The number of carbonyl (C=O) groups is 1. The average molecular weight is 406 g/mol. The Balaban J connectivity index is 1.75. The van der Waals surface area contributed by atoms with Gasteiger partial charge in [0.25, 0.3) is 5.91 Å². The summed E-state index contributed by atoms with van der Waals surface area (Å²) in [5.41, 5.74) is 4.04. The fraction of sp³-hybridized carbons (Fsp3) is 0.409. The van der Waals surface area contributed by atoms with E-state index in [4.69, 9.17) is 0 Å². The van der Waals surface area contributed by atoms with Crippen LogP contribution in [0, 0.1) is 12.8 Å². The second-order valence-electron chi connectivity index (χ2n) is 8.26. The van der Waals surface area contributed by atoms with Crippen molar-refractivity contribution in [1.29, 1.82) is 0 Å². The number of aryl methyl sites for hydroxylation is 1. The number of amides is 1. The molecule has 2 heterocycles. The van der Waals surface area contributed by atoms with E-state index in [1.165, 1.54) is 12.8 Å². The molecule has 156 valence electrons. The molecule has 1 fully saturated rings. The second-order valence-corrected chi connectivity index (χ2v) is 8.26. The van der Waals surface area contributed by atoms with E-state index in [0.29, 0.717) is 11.5 Å². The molecule has 2 aromatic heterocycles. The molecule has 1 atom stereocenters. The van der Waals surface area contributed by atoms with Crippen LogP contribution in [0.2, 0.25) is 0 Å². The molecular weight excluding hydrogens is 378 g/mol. The summed E-state index contributed by atoms with van der Waals surface area (Å²) in [5, 5.41) is 15.3. The van der Waals surface area contributed by atoms with Gasteiger partial charge in [0.15, 0.2) is 5.82 Å². The van der Waals surface area contributed by atoms with Crippen molar-refractivity contribution >= 4 is 5.91 Å². The lowest BCUT2D eigenvalue weighted by molar-refractivity contribution is 0.0900. The maximum absolute atomic E-state index is 13.0. The van der Waals surface area contributed by atoms with Crippen molar-refractivity contribution in [3.63, 3.8) is 0 Å². The van der Waals surface area contributed by atoms with Gasteiger partial charge in [-0.3, -0.25) is 14.7 Å². The highest BCUT2D eigenvalue weighted by Crippen LogP contribution is 2.32. The van der Waals surface area contributed by atoms with Crippen LogP contribution in [0.1, 0.15) is 41.5 Å². The molecule has 1 aliphatic carbocycles. The molecule has 4 rings (SSSR count). The van der Waals surface area contributed by atoms with Crippen LogP contribution < -0.4 is 5.32 Å². The highest BCUT2D eigenvalue weighted by Gasteiger charge is 2.25. The van der Waals surface area contributed by atoms with Crippen LogP contribution in [0.25, 0.3) is 16.9 Å². The van der Waals surface area contributed by atoms with Crippen LogP contribution in [-0.4, -0.2) is 56.3 Å². The summed E-state index contributed by atoms with van der Waals surface area (Å²) in [6.07, 6.45) is 5.01. The van der Waals surface area contributed by atoms with Crippen molar-refractivity contribution in [2.75, 3.05) is 14.1 Å². The van der Waals surface area contributed by atoms with E-state index < -0.39 is 0 Å². The lowest BCUT2D eigenvalue weighted by atomic mass is 10.0. The van der Waals surface area contributed by atoms with Gasteiger partial charge in [0.2, 0.25) is 0 Å². The normalized spacial score (nSPS) is 14.7. The van der Waals surface area contributed by atoms with Gasteiger partial charge in [-0.15, -0.1) is 5.10 Å². The monoisotopic (exact) mass is 405 g/mol. The van der Waals surface area contributed by atoms with Gasteiger partial charge in [-0.25, -0.2) is 0 Å². The van der Waals surface area contributed by atoms with Crippen LogP contribution in [0.3, 0.4) is 0 Å². The fourth-order valence-electron chi connectivity index (χ4n) is 3.17. The molecule has 3 aromatic rings. The first-order chi connectivity index (χ1) is 14.4. The number of nitrogens with zero attached hydrogens (tertiary/aromatic N) is 6. The fourth-order valence-corrected chi connectivity index (χ4v) is 3.17. The predicted molar refractivity (Wildman–Crippen MR) is 114 cm³/mol. The SMILES string of the molecule is Cc1ccc(-c2cc(C(=O)NC(C)N(C)C)cc(-n3nnnc3CC3CC3)c2)nc1. The summed E-state index contributed by atoms with van der Waals surface area (Å²) in [5.74, 6) is 1.32. The minimum Gasteiger partial charge on any atom is -0.337 e. The molecule has 8 heteroatoms. The van der Waals surface area contributed by atoms with Gasteiger partial charge in [-0.05, 0) is 87.0 Å². The third-order valence-corrected chi connectivity index (χ3v) is 5.45. The molecule has 1 N–H and O–H groups in total. The van der Waals surface area contributed by atoms with E-state index in [2.05, 4.69) is 25.8 Å². The van der Waals surface area contributed by atoms with Crippen LogP contribution in [0.5, 0.6) is 0 Å². The predicted octanol–water partition coefficient (Wildman–Crippen LogP) is 2.62. The molecule has 1 unspecified atom stereocenters. The van der Waals surface area contributed by atoms with Crippen molar-refractivity contribution in [3.8, 4) is 16.9 Å². The maximum atomic E-state index is 13.0. The number of hydrogen-bond acceptors (Lipinski definition) is 6. The number of pyridine rings is 1. The Labute approximate surface area is 176 Å². The Morgan fingerprint density at radius 2 is 2.07 bits per heavy atom. The number of aromatic nitrogens is 5. The van der Waals surface area contributed by atoms with Gasteiger partial charge in [0.05, 0.1) is 17.5 Å². The first-order valence-corrected chi connectivity index (χ1v) is 10.2. The van der Waals surface area contributed by atoms with Crippen LogP contribution in [-0.2, 0) is 6.42 Å². The number of hydrogen-bond donors (Lipinski definition) is 1. The summed E-state index contributed by atoms with van der Waals surface area (Å²) in [6.45, 7) is 3.94. The van der Waals surface area contributed by atoms with E-state index in [0.717, 1.165) is 34.8 Å². The zero-order valence-electron chi connectivity index (χ0n) is 17.8. The first-order valence-electron chi connectivity index (χ1n) is 10.2. The number of benzene rings is 1. The van der Waals surface area contributed by atoms with E-state index >= 15 is 0 Å². The van der Waals surface area contributed by atoms with Crippen molar-refractivity contribution in [2.24, 2.45) is 5.92 Å². The molecule has 0 aliphatic heterocycles. The highest BCUT2D eigenvalue weighted by atomic mass is 16.1. The third kappa shape index (κ3) is 4.54. The second kappa shape index (κ2) is 8.31. The van der Waals surface area contributed by atoms with E-state index in [9.17, 15) is 4.79 Å². The topological polar surface area (TPSA) is 88.8 Å². The van der Waals surface area contributed by atoms with Gasteiger partial charge in [0.1, 0.15) is 0 Å². The summed E-state index contributed by atoms with van der Waals surface area (Å²) >= 11 is 0. The van der Waals surface area contributed by atoms with E-state index in [1.54, 1.807) is 4.68 Å². The Morgan fingerprint density at radius 3 is 2.73 bits per heavy atom. The Hall–Kier alpha value is -3.13. The minimum absolute atomic E-state index is 0.0967. The summed E-state index contributed by atoms with van der Waals surface area (Å²) in [7, 11) is 3.85. The zero-order chi connectivity index (χ0) is 21.3. The van der Waals surface area contributed by atoms with Crippen molar-refractivity contribution < 1.29 is 4.79 Å². The molecule has 1 saturated carbocycles. The molecular formula is C22H27N7O. The van der Waals surface area contributed by atoms with E-state index in [-0.39, 0.29) is 12.1 Å². The number of tetrazole rings is 1. The molecule has 1 aliphatic rings. The minimum atomic E-state index is -0.150. The number of rotatable bonds is 7. The quantitative estimate of drug-likeness (QED) is 0.608. The van der Waals surface area contributed by atoms with Crippen LogP contribution in [0.4, 0.5) is 0 Å².